The van der Waals surface area contributed by atoms with Crippen molar-refractivity contribution in [3.8, 4) is 11.5 Å². The molecule has 4 rings (SSSR count). The van der Waals surface area contributed by atoms with Crippen LogP contribution in [0.1, 0.15) is 22.3 Å². The molecule has 0 aliphatic carbocycles. The van der Waals surface area contributed by atoms with E-state index in [1.54, 1.807) is 41.3 Å². The van der Waals surface area contributed by atoms with E-state index in [0.717, 1.165) is 5.39 Å². The predicted molar refractivity (Wildman–Crippen MR) is 108 cm³/mol. The van der Waals surface area contributed by atoms with Crippen LogP contribution < -0.4 is 15.0 Å². The number of aliphatic hydroxyl groups excluding tert-OH is 1. The van der Waals surface area contributed by atoms with E-state index in [1.807, 2.05) is 12.1 Å². The summed E-state index contributed by atoms with van der Waals surface area (Å²) in [5.41, 5.74) is 1.40. The van der Waals surface area contributed by atoms with Gasteiger partial charge in [-0.2, -0.15) is 0 Å². The van der Waals surface area contributed by atoms with Crippen LogP contribution in [0.25, 0.3) is 10.9 Å². The zero-order valence-electron chi connectivity index (χ0n) is 15.9. The first-order valence-electron chi connectivity index (χ1n) is 9.56. The van der Waals surface area contributed by atoms with Crippen LogP contribution in [0.5, 0.6) is 11.5 Å². The first kappa shape index (κ1) is 19.0. The molecule has 0 unspecified atom stereocenters. The predicted octanol–water partition coefficient (Wildman–Crippen LogP) is 2.32. The number of rotatable bonds is 6. The van der Waals surface area contributed by atoms with E-state index >= 15 is 0 Å². The Morgan fingerprint density at radius 1 is 1.07 bits per heavy atom. The molecule has 0 bridgehead atoms. The topological polar surface area (TPSA) is 91.9 Å². The van der Waals surface area contributed by atoms with Gasteiger partial charge < -0.3 is 24.5 Å². The maximum absolute atomic E-state index is 12.9. The highest BCUT2D eigenvalue weighted by Gasteiger charge is 2.19. The number of hydrogen-bond donors (Lipinski definition) is 2. The highest BCUT2D eigenvalue weighted by Crippen LogP contribution is 2.33. The van der Waals surface area contributed by atoms with Gasteiger partial charge in [0.1, 0.15) is 13.2 Å². The molecule has 0 saturated heterocycles. The summed E-state index contributed by atoms with van der Waals surface area (Å²) in [6, 6.07) is 14.3. The summed E-state index contributed by atoms with van der Waals surface area (Å²) >= 11 is 0. The normalized spacial score (nSPS) is 12.7. The Labute approximate surface area is 167 Å². The molecule has 1 aromatic heterocycles. The van der Waals surface area contributed by atoms with E-state index in [-0.39, 0.29) is 24.6 Å². The molecule has 1 aliphatic heterocycles. The smallest absolute Gasteiger partial charge is 0.254 e. The number of benzene rings is 2. The lowest BCUT2D eigenvalue weighted by atomic mass is 10.1. The molecule has 0 fully saturated rings. The number of amides is 1. The molecule has 0 atom stereocenters. The lowest BCUT2D eigenvalue weighted by Crippen LogP contribution is -2.34. The van der Waals surface area contributed by atoms with Crippen molar-refractivity contribution in [1.82, 2.24) is 9.88 Å². The first-order valence-corrected chi connectivity index (χ1v) is 9.56. The third-order valence-electron chi connectivity index (χ3n) is 4.84. The van der Waals surface area contributed by atoms with Crippen molar-refractivity contribution in [3.05, 3.63) is 70.0 Å². The Hall–Kier alpha value is -3.32. The fraction of sp³-hybridized carbons (Fsp3) is 0.273. The fourth-order valence-corrected chi connectivity index (χ4v) is 3.39. The number of hydrogen-bond acceptors (Lipinski definition) is 5. The molecule has 29 heavy (non-hydrogen) atoms. The number of nitrogens with zero attached hydrogens (tertiary/aromatic N) is 1. The summed E-state index contributed by atoms with van der Waals surface area (Å²) in [4.78, 5) is 30.0. The minimum absolute atomic E-state index is 0.0316. The molecule has 150 valence electrons. The Bertz CT molecular complexity index is 1080. The highest BCUT2D eigenvalue weighted by molar-refractivity contribution is 5.94. The SMILES string of the molecule is O=C(c1ccccc1)N(CCCO)Cc1cc2cc3c(cc2[nH]c1=O)OCCO3. The summed E-state index contributed by atoms with van der Waals surface area (Å²) in [7, 11) is 0. The molecular weight excluding hydrogens is 372 g/mol. The van der Waals surface area contributed by atoms with Crippen LogP contribution >= 0.6 is 0 Å². The van der Waals surface area contributed by atoms with Crippen molar-refractivity contribution in [2.45, 2.75) is 13.0 Å². The Kier molecular flexibility index (Phi) is 5.48. The minimum atomic E-state index is -0.260. The number of aromatic amines is 1. The van der Waals surface area contributed by atoms with E-state index in [2.05, 4.69) is 4.98 Å². The quantitative estimate of drug-likeness (QED) is 0.670. The largest absolute Gasteiger partial charge is 0.486 e. The third-order valence-corrected chi connectivity index (χ3v) is 4.84. The molecule has 7 heteroatoms. The molecular formula is C22H22N2O5. The summed E-state index contributed by atoms with van der Waals surface area (Å²) in [5, 5.41) is 10.0. The van der Waals surface area contributed by atoms with Gasteiger partial charge in [-0.3, -0.25) is 9.59 Å². The monoisotopic (exact) mass is 394 g/mol. The van der Waals surface area contributed by atoms with Gasteiger partial charge in [0.25, 0.3) is 11.5 Å². The first-order chi connectivity index (χ1) is 14.2. The average molecular weight is 394 g/mol. The number of fused-ring (bicyclic) bond motifs is 2. The van der Waals surface area contributed by atoms with Gasteiger partial charge in [-0.05, 0) is 30.7 Å². The fourth-order valence-electron chi connectivity index (χ4n) is 3.39. The number of aromatic nitrogens is 1. The second kappa shape index (κ2) is 8.36. The van der Waals surface area contributed by atoms with Crippen LogP contribution in [-0.2, 0) is 6.54 Å². The van der Waals surface area contributed by atoms with E-state index in [4.69, 9.17) is 9.47 Å². The second-order valence-electron chi connectivity index (χ2n) is 6.88. The summed E-state index contributed by atoms with van der Waals surface area (Å²) in [6.07, 6.45) is 0.433. The third kappa shape index (κ3) is 4.09. The van der Waals surface area contributed by atoms with Gasteiger partial charge >= 0.3 is 0 Å². The number of H-pyrrole nitrogens is 1. The second-order valence-corrected chi connectivity index (χ2v) is 6.88. The van der Waals surface area contributed by atoms with Gasteiger partial charge in [0.05, 0.1) is 12.1 Å². The minimum Gasteiger partial charge on any atom is -0.486 e. The van der Waals surface area contributed by atoms with Crippen molar-refractivity contribution in [2.75, 3.05) is 26.4 Å². The van der Waals surface area contributed by atoms with Gasteiger partial charge in [-0.1, -0.05) is 18.2 Å². The van der Waals surface area contributed by atoms with Crippen LogP contribution in [0.15, 0.2) is 53.3 Å². The Morgan fingerprint density at radius 2 is 1.79 bits per heavy atom. The van der Waals surface area contributed by atoms with Crippen LogP contribution in [-0.4, -0.2) is 47.3 Å². The van der Waals surface area contributed by atoms with Gasteiger partial charge in [0, 0.05) is 35.7 Å². The number of carbonyl (C=O) groups is 1. The van der Waals surface area contributed by atoms with Crippen molar-refractivity contribution in [1.29, 1.82) is 0 Å². The van der Waals surface area contributed by atoms with Crippen LogP contribution in [0.4, 0.5) is 0 Å². The van der Waals surface area contributed by atoms with E-state index < -0.39 is 0 Å². The van der Waals surface area contributed by atoms with Crippen molar-refractivity contribution in [3.63, 3.8) is 0 Å². The summed E-state index contributed by atoms with van der Waals surface area (Å²) in [6.45, 7) is 1.42. The molecule has 0 spiro atoms. The van der Waals surface area contributed by atoms with Crippen molar-refractivity contribution in [2.24, 2.45) is 0 Å². The average Bonchev–Trinajstić information content (AvgIpc) is 2.75. The van der Waals surface area contributed by atoms with Gasteiger partial charge in [0.2, 0.25) is 0 Å². The molecule has 2 heterocycles. The molecule has 1 aliphatic rings. The highest BCUT2D eigenvalue weighted by atomic mass is 16.6. The maximum Gasteiger partial charge on any atom is 0.254 e. The Morgan fingerprint density at radius 3 is 2.52 bits per heavy atom. The molecule has 0 radical (unpaired) electrons. The van der Waals surface area contributed by atoms with Crippen LogP contribution in [0.2, 0.25) is 0 Å². The number of pyridine rings is 1. The number of aliphatic hydroxyl groups is 1. The standard InChI is InChI=1S/C22H22N2O5/c25-8-4-7-24(22(27)15-5-2-1-3-6-15)14-17-11-16-12-19-20(29-10-9-28-19)13-18(16)23-21(17)26/h1-3,5-6,11-13,25H,4,7-10,14H2,(H,23,26). The molecule has 1 amide bonds. The number of ether oxygens (including phenoxy) is 2. The van der Waals surface area contributed by atoms with Crippen molar-refractivity contribution >= 4 is 16.8 Å². The van der Waals surface area contributed by atoms with Gasteiger partial charge in [-0.15, -0.1) is 0 Å². The Balaban J connectivity index is 1.66. The van der Waals surface area contributed by atoms with E-state index in [1.165, 1.54) is 0 Å². The van der Waals surface area contributed by atoms with Crippen molar-refractivity contribution < 1.29 is 19.4 Å². The van der Waals surface area contributed by atoms with Gasteiger partial charge in [0.15, 0.2) is 11.5 Å². The maximum atomic E-state index is 12.9. The molecule has 0 saturated carbocycles. The van der Waals surface area contributed by atoms with Gasteiger partial charge in [-0.25, -0.2) is 0 Å². The summed E-state index contributed by atoms with van der Waals surface area (Å²) < 4.78 is 11.2. The lowest BCUT2D eigenvalue weighted by molar-refractivity contribution is 0.0731. The molecule has 2 N–H and O–H groups in total. The zero-order valence-corrected chi connectivity index (χ0v) is 15.9. The lowest BCUT2D eigenvalue weighted by Gasteiger charge is -2.23. The number of nitrogens with one attached hydrogen (secondary N) is 1. The van der Waals surface area contributed by atoms with E-state index in [0.29, 0.717) is 54.3 Å². The van der Waals surface area contributed by atoms with E-state index in [9.17, 15) is 14.7 Å². The van der Waals surface area contributed by atoms with Crippen LogP contribution in [0.3, 0.4) is 0 Å². The van der Waals surface area contributed by atoms with Crippen LogP contribution in [0, 0.1) is 0 Å². The zero-order chi connectivity index (χ0) is 20.2. The number of carbonyl (C=O) groups excluding carboxylic acids is 1. The molecule has 3 aromatic rings. The molecule has 2 aromatic carbocycles. The molecule has 7 nitrogen and oxygen atoms in total. The summed E-state index contributed by atoms with van der Waals surface area (Å²) in [5.74, 6) is 1.07.